The first kappa shape index (κ1) is 27.9. The summed E-state index contributed by atoms with van der Waals surface area (Å²) in [5.74, 6) is 7.14. The van der Waals surface area contributed by atoms with E-state index in [0.29, 0.717) is 0 Å². The molecule has 0 aliphatic carbocycles. The molecule has 4 rings (SSSR count). The highest BCUT2D eigenvalue weighted by molar-refractivity contribution is 7.52. The van der Waals surface area contributed by atoms with E-state index in [-0.39, 0.29) is 6.10 Å². The quantitative estimate of drug-likeness (QED) is 0.113. The average Bonchev–Trinajstić information content (AvgIpc) is 2.98. The second-order valence-corrected chi connectivity index (χ2v) is 22.9. The number of benzene rings is 4. The van der Waals surface area contributed by atoms with Crippen molar-refractivity contribution >= 4 is 31.0 Å². The fourth-order valence-corrected chi connectivity index (χ4v) is 19.3. The molecule has 0 amide bonds. The molecule has 0 aromatic heterocycles. The van der Waals surface area contributed by atoms with E-state index in [1.807, 2.05) is 0 Å². The van der Waals surface area contributed by atoms with E-state index >= 15 is 0 Å². The van der Waals surface area contributed by atoms with Crippen molar-refractivity contribution in [3.8, 4) is 11.8 Å². The lowest BCUT2D eigenvalue weighted by Crippen LogP contribution is -2.80. The molecule has 3 heteroatoms. The Balaban J connectivity index is 1.90. The zero-order chi connectivity index (χ0) is 26.7. The van der Waals surface area contributed by atoms with Gasteiger partial charge in [-0.25, -0.2) is 0 Å². The summed E-state index contributed by atoms with van der Waals surface area (Å²) < 4.78 is 7.67. The van der Waals surface area contributed by atoms with Crippen molar-refractivity contribution in [1.82, 2.24) is 0 Å². The van der Waals surface area contributed by atoms with Gasteiger partial charge in [-0.05, 0) is 22.4 Å². The molecular weight excluding hydrogens is 493 g/mol. The molecule has 1 atom stereocenters. The lowest BCUT2D eigenvalue weighted by atomic mass is 10.1. The summed E-state index contributed by atoms with van der Waals surface area (Å²) in [5, 5.41) is 4.05. The fourth-order valence-electron chi connectivity index (χ4n) is 5.37. The van der Waals surface area contributed by atoms with Crippen LogP contribution in [0.4, 0.5) is 0 Å². The van der Waals surface area contributed by atoms with Crippen molar-refractivity contribution in [3.63, 3.8) is 0 Å². The van der Waals surface area contributed by atoms with Crippen molar-refractivity contribution in [2.45, 2.75) is 58.2 Å². The molecule has 38 heavy (non-hydrogen) atoms. The summed E-state index contributed by atoms with van der Waals surface area (Å²) in [7, 11) is -5.06. The number of rotatable bonds is 11. The minimum Gasteiger partial charge on any atom is -0.393 e. The summed E-state index contributed by atoms with van der Waals surface area (Å²) in [6.07, 6.45) is 5.52. The first-order chi connectivity index (χ1) is 18.6. The van der Waals surface area contributed by atoms with Crippen LogP contribution in [0, 0.1) is 11.8 Å². The molecule has 4 aromatic carbocycles. The summed E-state index contributed by atoms with van der Waals surface area (Å²) in [6.45, 7) is 7.24. The molecule has 0 bridgehead atoms. The van der Waals surface area contributed by atoms with Gasteiger partial charge in [0.25, 0.3) is 0 Å². The van der Waals surface area contributed by atoms with Crippen LogP contribution in [-0.4, -0.2) is 15.4 Å². The van der Waals surface area contributed by atoms with Gasteiger partial charge in [0.2, 0.25) is 7.83 Å². The molecule has 4 aromatic rings. The maximum Gasteiger partial charge on any atom is 0.247 e. The van der Waals surface area contributed by atoms with Crippen molar-refractivity contribution in [2.24, 2.45) is 0 Å². The van der Waals surface area contributed by atoms with Gasteiger partial charge in [-0.15, -0.1) is 5.92 Å². The highest BCUT2D eigenvalue weighted by Crippen LogP contribution is 2.29. The van der Waals surface area contributed by atoms with Gasteiger partial charge in [0.15, 0.2) is 0 Å². The molecule has 1 nitrogen and oxygen atoms in total. The van der Waals surface area contributed by atoms with Gasteiger partial charge in [0.1, 0.15) is 13.7 Å². The van der Waals surface area contributed by atoms with Crippen LogP contribution in [-0.2, 0) is 4.43 Å². The van der Waals surface area contributed by atoms with Crippen LogP contribution in [0.1, 0.15) is 50.7 Å². The van der Waals surface area contributed by atoms with Crippen molar-refractivity contribution < 1.29 is 4.43 Å². The molecule has 1 unspecified atom stereocenters. The standard InChI is InChI=1S/C35H40OSi2/c1-4-5-6-7-8-21-30-35(31-22-13-9-14-23-31)36-38(33-26-17-11-18-27-33,34-28-19-12-20-29-34)37(2,3)32-24-15-10-16-25-32/h9-20,22-29,35H,4-8H2,1-3H3. The minimum absolute atomic E-state index is 0.287. The Morgan fingerprint density at radius 3 is 1.58 bits per heavy atom. The highest BCUT2D eigenvalue weighted by atomic mass is 29.3. The van der Waals surface area contributed by atoms with Crippen LogP contribution in [0.3, 0.4) is 0 Å². The normalized spacial score (nSPS) is 12.4. The van der Waals surface area contributed by atoms with Crippen LogP contribution < -0.4 is 15.6 Å². The first-order valence-corrected chi connectivity index (χ1v) is 19.9. The molecular formula is C35H40OSi2. The summed E-state index contributed by atoms with van der Waals surface area (Å²) in [6, 6.07) is 43.7. The van der Waals surface area contributed by atoms with E-state index in [1.54, 1.807) is 0 Å². The fraction of sp³-hybridized carbons (Fsp3) is 0.257. The van der Waals surface area contributed by atoms with Gasteiger partial charge in [-0.3, -0.25) is 0 Å². The van der Waals surface area contributed by atoms with Crippen molar-refractivity contribution in [3.05, 3.63) is 127 Å². The number of unbranched alkanes of at least 4 members (excludes halogenated alkanes) is 4. The Hall–Kier alpha value is -3.17. The third-order valence-electron chi connectivity index (χ3n) is 7.52. The third kappa shape index (κ3) is 6.27. The zero-order valence-corrected chi connectivity index (χ0v) is 25.1. The zero-order valence-electron chi connectivity index (χ0n) is 23.1. The Bertz CT molecular complexity index is 1250. The van der Waals surface area contributed by atoms with Crippen molar-refractivity contribution in [2.75, 3.05) is 0 Å². The van der Waals surface area contributed by atoms with E-state index in [2.05, 4.69) is 153 Å². The summed E-state index contributed by atoms with van der Waals surface area (Å²) in [4.78, 5) is 0. The largest absolute Gasteiger partial charge is 0.393 e. The smallest absolute Gasteiger partial charge is 0.247 e. The molecule has 194 valence electrons. The molecule has 0 aliphatic rings. The average molecular weight is 533 g/mol. The lowest BCUT2D eigenvalue weighted by Gasteiger charge is -2.45. The third-order valence-corrected chi connectivity index (χ3v) is 22.2. The Morgan fingerprint density at radius 1 is 0.605 bits per heavy atom. The molecule has 0 saturated carbocycles. The Morgan fingerprint density at radius 2 is 1.08 bits per heavy atom. The molecule has 0 saturated heterocycles. The van der Waals surface area contributed by atoms with Gasteiger partial charge in [0, 0.05) is 6.42 Å². The Kier molecular flexibility index (Phi) is 9.95. The minimum atomic E-state index is -2.81. The topological polar surface area (TPSA) is 9.23 Å². The first-order valence-electron chi connectivity index (χ1n) is 14.0. The maximum atomic E-state index is 7.67. The van der Waals surface area contributed by atoms with Gasteiger partial charge in [-0.2, -0.15) is 0 Å². The van der Waals surface area contributed by atoms with E-state index in [0.717, 1.165) is 18.4 Å². The van der Waals surface area contributed by atoms with E-state index < -0.39 is 15.4 Å². The second kappa shape index (κ2) is 13.6. The predicted molar refractivity (Wildman–Crippen MR) is 168 cm³/mol. The van der Waals surface area contributed by atoms with Crippen LogP contribution in [0.15, 0.2) is 121 Å². The molecule has 0 spiro atoms. The number of hydrogen-bond acceptors (Lipinski definition) is 1. The summed E-state index contributed by atoms with van der Waals surface area (Å²) in [5.41, 5.74) is 1.13. The highest BCUT2D eigenvalue weighted by Gasteiger charge is 2.56. The van der Waals surface area contributed by atoms with Crippen molar-refractivity contribution in [1.29, 1.82) is 0 Å². The summed E-state index contributed by atoms with van der Waals surface area (Å²) >= 11 is 0. The predicted octanol–water partition coefficient (Wildman–Crippen LogP) is 7.17. The van der Waals surface area contributed by atoms with Gasteiger partial charge in [-0.1, -0.05) is 172 Å². The van der Waals surface area contributed by atoms with E-state index in [9.17, 15) is 0 Å². The van der Waals surface area contributed by atoms with Crippen LogP contribution in [0.5, 0.6) is 0 Å². The van der Waals surface area contributed by atoms with E-state index in [4.69, 9.17) is 4.43 Å². The van der Waals surface area contributed by atoms with Gasteiger partial charge >= 0.3 is 0 Å². The Labute approximate surface area is 231 Å². The van der Waals surface area contributed by atoms with E-state index in [1.165, 1.54) is 34.8 Å². The van der Waals surface area contributed by atoms with Gasteiger partial charge < -0.3 is 4.43 Å². The van der Waals surface area contributed by atoms with Gasteiger partial charge in [0.05, 0.1) is 0 Å². The lowest BCUT2D eigenvalue weighted by molar-refractivity contribution is 0.270. The maximum absolute atomic E-state index is 7.67. The van der Waals surface area contributed by atoms with Crippen LogP contribution in [0.2, 0.25) is 13.1 Å². The van der Waals surface area contributed by atoms with Crippen LogP contribution >= 0.6 is 0 Å². The van der Waals surface area contributed by atoms with Crippen LogP contribution in [0.25, 0.3) is 0 Å². The molecule has 0 N–H and O–H groups in total. The molecule has 0 radical (unpaired) electrons. The molecule has 0 fully saturated rings. The SMILES string of the molecule is CCCCCCC#CC(O[Si](c1ccccc1)(c1ccccc1)[Si](C)(C)c1ccccc1)c1ccccc1. The monoisotopic (exact) mass is 532 g/mol. The molecule has 0 aliphatic heterocycles. The second-order valence-electron chi connectivity index (χ2n) is 10.4. The number of hydrogen-bond donors (Lipinski definition) is 0. The molecule has 0 heterocycles.